The van der Waals surface area contributed by atoms with E-state index in [0.717, 1.165) is 5.56 Å². The molecule has 0 fully saturated rings. The molecule has 23 heavy (non-hydrogen) atoms. The summed E-state index contributed by atoms with van der Waals surface area (Å²) in [6, 6.07) is 10.7. The van der Waals surface area contributed by atoms with E-state index in [0.29, 0.717) is 27.0 Å². The third kappa shape index (κ3) is 3.28. The number of benzene rings is 2. The molecule has 0 saturated carbocycles. The standard InChI is InChI=1S/C17H11Cl2FN2O/c1-10-16(6-11-2-4-14(20)5-3-11)17(23)22(21-10)15-8-12(18)7-13(19)9-15/h2-9H,1H3/b16-6+. The number of rotatable bonds is 2. The van der Waals surface area contributed by atoms with Crippen LogP contribution >= 0.6 is 23.2 Å². The fourth-order valence-corrected chi connectivity index (χ4v) is 2.76. The van der Waals surface area contributed by atoms with Crippen LogP contribution in [-0.2, 0) is 4.79 Å². The van der Waals surface area contributed by atoms with Gasteiger partial charge in [0.2, 0.25) is 0 Å². The predicted octanol–water partition coefficient (Wildman–Crippen LogP) is 4.94. The SMILES string of the molecule is CC1=NN(c2cc(Cl)cc(Cl)c2)C(=O)/C1=C/c1ccc(F)cc1. The highest BCUT2D eigenvalue weighted by molar-refractivity contribution is 6.36. The van der Waals surface area contributed by atoms with E-state index in [1.807, 2.05) is 0 Å². The molecule has 0 saturated heterocycles. The zero-order valence-corrected chi connectivity index (χ0v) is 13.6. The topological polar surface area (TPSA) is 32.7 Å². The van der Waals surface area contributed by atoms with Gasteiger partial charge in [-0.3, -0.25) is 4.79 Å². The summed E-state index contributed by atoms with van der Waals surface area (Å²) in [5.74, 6) is -0.615. The van der Waals surface area contributed by atoms with Gasteiger partial charge in [-0.25, -0.2) is 4.39 Å². The summed E-state index contributed by atoms with van der Waals surface area (Å²) in [6.45, 7) is 1.74. The maximum absolute atomic E-state index is 13.0. The summed E-state index contributed by atoms with van der Waals surface area (Å²) < 4.78 is 13.0. The van der Waals surface area contributed by atoms with Crippen LogP contribution < -0.4 is 5.01 Å². The fraction of sp³-hybridized carbons (Fsp3) is 0.0588. The first-order valence-electron chi connectivity index (χ1n) is 6.77. The van der Waals surface area contributed by atoms with Crippen molar-refractivity contribution in [3.63, 3.8) is 0 Å². The van der Waals surface area contributed by atoms with Crippen LogP contribution in [-0.4, -0.2) is 11.6 Å². The molecule has 3 rings (SSSR count). The van der Waals surface area contributed by atoms with Crippen molar-refractivity contribution in [2.45, 2.75) is 6.92 Å². The molecular formula is C17H11Cl2FN2O. The van der Waals surface area contributed by atoms with Gasteiger partial charge in [0.25, 0.3) is 5.91 Å². The zero-order chi connectivity index (χ0) is 16.6. The summed E-state index contributed by atoms with van der Waals surface area (Å²) >= 11 is 11.9. The number of carbonyl (C=O) groups excluding carboxylic acids is 1. The van der Waals surface area contributed by atoms with E-state index in [1.165, 1.54) is 17.1 Å². The normalized spacial score (nSPS) is 16.2. The predicted molar refractivity (Wildman–Crippen MR) is 91.4 cm³/mol. The van der Waals surface area contributed by atoms with Crippen LogP contribution in [0.1, 0.15) is 12.5 Å². The van der Waals surface area contributed by atoms with Gasteiger partial charge in [-0.2, -0.15) is 10.1 Å². The number of anilines is 1. The first-order chi connectivity index (χ1) is 10.9. The van der Waals surface area contributed by atoms with Crippen molar-refractivity contribution < 1.29 is 9.18 Å². The molecule has 1 aliphatic rings. The first kappa shape index (κ1) is 15.7. The Hall–Kier alpha value is -2.17. The maximum atomic E-state index is 13.0. The Morgan fingerprint density at radius 2 is 1.70 bits per heavy atom. The third-order valence-electron chi connectivity index (χ3n) is 3.34. The first-order valence-corrected chi connectivity index (χ1v) is 7.53. The molecule has 6 heteroatoms. The molecule has 1 heterocycles. The monoisotopic (exact) mass is 348 g/mol. The van der Waals surface area contributed by atoms with E-state index in [2.05, 4.69) is 5.10 Å². The minimum Gasteiger partial charge on any atom is -0.267 e. The molecule has 2 aromatic carbocycles. The zero-order valence-electron chi connectivity index (χ0n) is 12.1. The molecule has 0 atom stereocenters. The lowest BCUT2D eigenvalue weighted by Gasteiger charge is -2.12. The van der Waals surface area contributed by atoms with Crippen molar-refractivity contribution in [3.05, 3.63) is 69.5 Å². The molecule has 0 aliphatic carbocycles. The van der Waals surface area contributed by atoms with Gasteiger partial charge in [-0.15, -0.1) is 0 Å². The van der Waals surface area contributed by atoms with Gasteiger partial charge in [-0.1, -0.05) is 35.3 Å². The molecule has 1 amide bonds. The molecule has 0 bridgehead atoms. The van der Waals surface area contributed by atoms with Crippen molar-refractivity contribution in [1.29, 1.82) is 0 Å². The number of hydrazone groups is 1. The molecule has 0 spiro atoms. The number of carbonyl (C=O) groups is 1. The van der Waals surface area contributed by atoms with Gasteiger partial charge in [-0.05, 0) is 48.9 Å². The molecule has 0 unspecified atom stereocenters. The fourth-order valence-electron chi connectivity index (χ4n) is 2.25. The molecular weight excluding hydrogens is 338 g/mol. The summed E-state index contributed by atoms with van der Waals surface area (Å²) in [5.41, 5.74) is 2.22. The summed E-state index contributed by atoms with van der Waals surface area (Å²) in [6.07, 6.45) is 1.67. The summed E-state index contributed by atoms with van der Waals surface area (Å²) in [7, 11) is 0. The van der Waals surface area contributed by atoms with Gasteiger partial charge in [0, 0.05) is 10.0 Å². The smallest absolute Gasteiger partial charge is 0.267 e. The molecule has 3 nitrogen and oxygen atoms in total. The highest BCUT2D eigenvalue weighted by Gasteiger charge is 2.29. The Morgan fingerprint density at radius 1 is 1.09 bits per heavy atom. The Bertz CT molecular complexity index is 824. The van der Waals surface area contributed by atoms with Gasteiger partial charge in [0.15, 0.2) is 0 Å². The lowest BCUT2D eigenvalue weighted by atomic mass is 10.1. The lowest BCUT2D eigenvalue weighted by molar-refractivity contribution is -0.114. The van der Waals surface area contributed by atoms with Gasteiger partial charge < -0.3 is 0 Å². The minimum atomic E-state index is -0.328. The number of hydrogen-bond acceptors (Lipinski definition) is 2. The second-order valence-corrected chi connectivity index (χ2v) is 5.91. The number of hydrogen-bond donors (Lipinski definition) is 0. The highest BCUT2D eigenvalue weighted by atomic mass is 35.5. The molecule has 0 aromatic heterocycles. The van der Waals surface area contributed by atoms with Crippen LogP contribution in [0.15, 0.2) is 53.1 Å². The molecule has 116 valence electrons. The molecule has 0 radical (unpaired) electrons. The van der Waals surface area contributed by atoms with Crippen molar-refractivity contribution in [1.82, 2.24) is 0 Å². The molecule has 1 aliphatic heterocycles. The average Bonchev–Trinajstić information content (AvgIpc) is 2.76. The maximum Gasteiger partial charge on any atom is 0.280 e. The van der Waals surface area contributed by atoms with Crippen LogP contribution in [0.5, 0.6) is 0 Å². The molecule has 2 aromatic rings. The second-order valence-electron chi connectivity index (χ2n) is 5.04. The van der Waals surface area contributed by atoms with Crippen molar-refractivity contribution in [3.8, 4) is 0 Å². The molecule has 0 N–H and O–H groups in total. The van der Waals surface area contributed by atoms with Crippen molar-refractivity contribution in [2.24, 2.45) is 5.10 Å². The van der Waals surface area contributed by atoms with Crippen LogP contribution in [0.25, 0.3) is 6.08 Å². The summed E-state index contributed by atoms with van der Waals surface area (Å²) in [4.78, 5) is 12.6. The lowest BCUT2D eigenvalue weighted by Crippen LogP contribution is -2.21. The largest absolute Gasteiger partial charge is 0.280 e. The second kappa shape index (κ2) is 6.14. The van der Waals surface area contributed by atoms with Crippen LogP contribution in [0, 0.1) is 5.82 Å². The highest BCUT2D eigenvalue weighted by Crippen LogP contribution is 2.30. The quantitative estimate of drug-likeness (QED) is 0.707. The number of halogens is 3. The van der Waals surface area contributed by atoms with E-state index in [-0.39, 0.29) is 11.7 Å². The van der Waals surface area contributed by atoms with Crippen LogP contribution in [0.2, 0.25) is 10.0 Å². The van der Waals surface area contributed by atoms with E-state index in [1.54, 1.807) is 43.3 Å². The Kier molecular flexibility index (Phi) is 4.20. The third-order valence-corrected chi connectivity index (χ3v) is 3.77. The summed E-state index contributed by atoms with van der Waals surface area (Å²) in [5, 5.41) is 6.35. The van der Waals surface area contributed by atoms with E-state index >= 15 is 0 Å². The Labute approximate surface area is 142 Å². The Balaban J connectivity index is 1.96. The Morgan fingerprint density at radius 3 is 2.30 bits per heavy atom. The average molecular weight is 349 g/mol. The van der Waals surface area contributed by atoms with Crippen molar-refractivity contribution >= 4 is 46.6 Å². The van der Waals surface area contributed by atoms with Crippen LogP contribution in [0.4, 0.5) is 10.1 Å². The van der Waals surface area contributed by atoms with Gasteiger partial charge in [0.1, 0.15) is 5.82 Å². The number of nitrogens with zero attached hydrogens (tertiary/aromatic N) is 2. The minimum absolute atomic E-state index is 0.287. The van der Waals surface area contributed by atoms with E-state index in [4.69, 9.17) is 23.2 Å². The van der Waals surface area contributed by atoms with Gasteiger partial charge in [0.05, 0.1) is 17.0 Å². The van der Waals surface area contributed by atoms with E-state index in [9.17, 15) is 9.18 Å². The van der Waals surface area contributed by atoms with Crippen molar-refractivity contribution in [2.75, 3.05) is 5.01 Å². The van der Waals surface area contributed by atoms with E-state index < -0.39 is 0 Å². The van der Waals surface area contributed by atoms with Crippen LogP contribution in [0.3, 0.4) is 0 Å². The van der Waals surface area contributed by atoms with Gasteiger partial charge >= 0.3 is 0 Å². The number of amides is 1.